The summed E-state index contributed by atoms with van der Waals surface area (Å²) in [5, 5.41) is 0.473. The molecule has 0 radical (unpaired) electrons. The fourth-order valence-electron chi connectivity index (χ4n) is 2.48. The van der Waals surface area contributed by atoms with Crippen molar-refractivity contribution in [1.82, 2.24) is 9.47 Å². The lowest BCUT2D eigenvalue weighted by Gasteiger charge is -2.11. The molecule has 1 aliphatic rings. The molecule has 0 unspecified atom stereocenters. The average molecular weight is 330 g/mol. The van der Waals surface area contributed by atoms with Gasteiger partial charge in [0.15, 0.2) is 0 Å². The first kappa shape index (κ1) is 15.4. The van der Waals surface area contributed by atoms with Crippen LogP contribution in [-0.2, 0) is 11.8 Å². The van der Waals surface area contributed by atoms with E-state index in [1.165, 1.54) is 24.8 Å². The number of thioether (sulfide) groups is 1. The minimum absolute atomic E-state index is 0.151. The molecule has 0 bridgehead atoms. The van der Waals surface area contributed by atoms with Crippen LogP contribution in [0.1, 0.15) is 5.56 Å². The fraction of sp³-hybridized carbons (Fsp3) is 0.188. The molecule has 1 saturated heterocycles. The number of fused-ring (bicyclic) bond motifs is 1. The molecular formula is C16H14N2O4S. The molecule has 0 atom stereocenters. The number of hydrogen-bond donors (Lipinski definition) is 0. The van der Waals surface area contributed by atoms with Crippen LogP contribution in [-0.4, -0.2) is 34.8 Å². The van der Waals surface area contributed by atoms with Gasteiger partial charge in [-0.3, -0.25) is 19.3 Å². The normalized spacial score (nSPS) is 16.7. The fourth-order valence-corrected chi connectivity index (χ4v) is 3.30. The summed E-state index contributed by atoms with van der Waals surface area (Å²) in [6, 6.07) is 6.70. The van der Waals surface area contributed by atoms with Crippen LogP contribution < -0.4 is 10.3 Å². The monoisotopic (exact) mass is 330 g/mol. The molecule has 0 spiro atoms. The largest absolute Gasteiger partial charge is 0.495 e. The maximum absolute atomic E-state index is 12.0. The predicted octanol–water partition coefficient (Wildman–Crippen LogP) is 2.21. The smallest absolute Gasteiger partial charge is 0.293 e. The van der Waals surface area contributed by atoms with Crippen molar-refractivity contribution < 1.29 is 14.3 Å². The van der Waals surface area contributed by atoms with Gasteiger partial charge in [-0.1, -0.05) is 6.07 Å². The van der Waals surface area contributed by atoms with E-state index in [4.69, 9.17) is 4.74 Å². The van der Waals surface area contributed by atoms with Crippen molar-refractivity contribution >= 4 is 39.9 Å². The van der Waals surface area contributed by atoms with Gasteiger partial charge in [0.1, 0.15) is 5.75 Å². The number of carbonyl (C=O) groups excluding carboxylic acids is 2. The van der Waals surface area contributed by atoms with Crippen LogP contribution in [0.5, 0.6) is 5.75 Å². The maximum Gasteiger partial charge on any atom is 0.293 e. The number of aromatic nitrogens is 1. The number of rotatable bonds is 2. The van der Waals surface area contributed by atoms with Gasteiger partial charge in [0.05, 0.1) is 17.5 Å². The van der Waals surface area contributed by atoms with Crippen LogP contribution in [0.25, 0.3) is 17.0 Å². The summed E-state index contributed by atoms with van der Waals surface area (Å²) in [7, 11) is 4.65. The zero-order valence-corrected chi connectivity index (χ0v) is 13.6. The van der Waals surface area contributed by atoms with Crippen molar-refractivity contribution in [2.24, 2.45) is 7.05 Å². The molecule has 1 fully saturated rings. The van der Waals surface area contributed by atoms with Crippen molar-refractivity contribution in [3.63, 3.8) is 0 Å². The van der Waals surface area contributed by atoms with Crippen molar-refractivity contribution in [1.29, 1.82) is 0 Å². The van der Waals surface area contributed by atoms with E-state index in [9.17, 15) is 14.4 Å². The molecule has 1 aromatic heterocycles. The molecule has 1 aliphatic heterocycles. The number of pyridine rings is 1. The third-order valence-electron chi connectivity index (χ3n) is 3.77. The second-order valence-corrected chi connectivity index (χ2v) is 6.08. The summed E-state index contributed by atoms with van der Waals surface area (Å²) in [5.74, 6) is 0.245. The molecule has 6 nitrogen and oxygen atoms in total. The summed E-state index contributed by atoms with van der Waals surface area (Å²) in [5.41, 5.74) is 1.24. The molecule has 0 aliphatic carbocycles. The number of likely N-dealkylation sites (N-methyl/N-ethyl adjacent to an activating group) is 1. The maximum atomic E-state index is 12.0. The van der Waals surface area contributed by atoms with Crippen molar-refractivity contribution in [3.8, 4) is 5.75 Å². The molecule has 0 saturated carbocycles. The van der Waals surface area contributed by atoms with Gasteiger partial charge in [-0.2, -0.15) is 0 Å². The summed E-state index contributed by atoms with van der Waals surface area (Å²) in [6.45, 7) is 0. The van der Waals surface area contributed by atoms with Crippen molar-refractivity contribution in [2.45, 2.75) is 0 Å². The van der Waals surface area contributed by atoms with Gasteiger partial charge in [0.25, 0.3) is 16.7 Å². The molecule has 2 amide bonds. The van der Waals surface area contributed by atoms with Crippen molar-refractivity contribution in [2.75, 3.05) is 14.2 Å². The number of ether oxygens (including phenoxy) is 1. The molecule has 2 aromatic rings. The van der Waals surface area contributed by atoms with Crippen LogP contribution in [0.3, 0.4) is 0 Å². The Morgan fingerprint density at radius 2 is 1.83 bits per heavy atom. The Hall–Kier alpha value is -2.54. The number of amides is 2. The quantitative estimate of drug-likeness (QED) is 0.790. The van der Waals surface area contributed by atoms with E-state index in [2.05, 4.69) is 0 Å². The second-order valence-electron chi connectivity index (χ2n) is 5.09. The van der Waals surface area contributed by atoms with Crippen LogP contribution in [0, 0.1) is 0 Å². The van der Waals surface area contributed by atoms with Gasteiger partial charge in [-0.15, -0.1) is 0 Å². The second kappa shape index (κ2) is 5.58. The van der Waals surface area contributed by atoms with E-state index >= 15 is 0 Å². The summed E-state index contributed by atoms with van der Waals surface area (Å²) < 4.78 is 6.83. The summed E-state index contributed by atoms with van der Waals surface area (Å²) in [4.78, 5) is 37.0. The van der Waals surface area contributed by atoms with Gasteiger partial charge < -0.3 is 9.30 Å². The van der Waals surface area contributed by atoms with Gasteiger partial charge in [0.2, 0.25) is 0 Å². The van der Waals surface area contributed by atoms with Gasteiger partial charge >= 0.3 is 0 Å². The van der Waals surface area contributed by atoms with E-state index in [-0.39, 0.29) is 16.7 Å². The number of carbonyl (C=O) groups is 2. The highest BCUT2D eigenvalue weighted by atomic mass is 32.2. The van der Waals surface area contributed by atoms with Crippen molar-refractivity contribution in [3.05, 3.63) is 45.1 Å². The first-order chi connectivity index (χ1) is 10.9. The Kier molecular flexibility index (Phi) is 3.73. The Labute approximate surface area is 136 Å². The molecule has 7 heteroatoms. The first-order valence-corrected chi connectivity index (χ1v) is 7.64. The highest BCUT2D eigenvalue weighted by Gasteiger charge is 2.31. The van der Waals surface area contributed by atoms with Crippen LogP contribution in [0.15, 0.2) is 34.0 Å². The van der Waals surface area contributed by atoms with E-state index < -0.39 is 0 Å². The number of aryl methyl sites for hydroxylation is 1. The molecule has 1 aromatic carbocycles. The highest BCUT2D eigenvalue weighted by Crippen LogP contribution is 2.34. The van der Waals surface area contributed by atoms with Gasteiger partial charge in [0, 0.05) is 25.5 Å². The minimum atomic E-state index is -0.325. The SMILES string of the molecule is COc1ccc(/C=C2/SC(=O)N(C)C2=O)c2ccc(=O)n(C)c12. The molecule has 23 heavy (non-hydrogen) atoms. The van der Waals surface area contributed by atoms with E-state index in [1.54, 1.807) is 31.3 Å². The molecule has 118 valence electrons. The van der Waals surface area contributed by atoms with Crippen LogP contribution in [0.2, 0.25) is 0 Å². The van der Waals surface area contributed by atoms with E-state index in [0.29, 0.717) is 16.2 Å². The van der Waals surface area contributed by atoms with Crippen LogP contribution >= 0.6 is 11.8 Å². The Morgan fingerprint density at radius 3 is 2.43 bits per heavy atom. The summed E-state index contributed by atoms with van der Waals surface area (Å²) in [6.07, 6.45) is 1.67. The number of methoxy groups -OCH3 is 1. The lowest BCUT2D eigenvalue weighted by Crippen LogP contribution is -2.22. The molecule has 0 N–H and O–H groups in total. The number of nitrogens with zero attached hydrogens (tertiary/aromatic N) is 2. The zero-order chi connectivity index (χ0) is 16.7. The topological polar surface area (TPSA) is 68.6 Å². The van der Waals surface area contributed by atoms with E-state index in [0.717, 1.165) is 27.6 Å². The lowest BCUT2D eigenvalue weighted by molar-refractivity contribution is -0.121. The number of imide groups is 1. The minimum Gasteiger partial charge on any atom is -0.495 e. The third kappa shape index (κ3) is 2.43. The third-order valence-corrected chi connectivity index (χ3v) is 4.73. The molecular weight excluding hydrogens is 316 g/mol. The van der Waals surface area contributed by atoms with Gasteiger partial charge in [-0.25, -0.2) is 0 Å². The van der Waals surface area contributed by atoms with Crippen LogP contribution in [0.4, 0.5) is 4.79 Å². The number of hydrogen-bond acceptors (Lipinski definition) is 5. The Balaban J connectivity index is 2.25. The van der Waals surface area contributed by atoms with Gasteiger partial charge in [-0.05, 0) is 35.5 Å². The molecule has 2 heterocycles. The number of benzene rings is 1. The average Bonchev–Trinajstić information content (AvgIpc) is 2.78. The predicted molar refractivity (Wildman–Crippen MR) is 89.5 cm³/mol. The Bertz CT molecular complexity index is 930. The lowest BCUT2D eigenvalue weighted by atomic mass is 10.1. The standard InChI is InChI=1S/C16H14N2O4S/c1-17-13(19)7-5-10-9(4-6-11(22-3)14(10)17)8-12-15(20)18(2)16(21)23-12/h4-8H,1-3H3/b12-8+. The highest BCUT2D eigenvalue weighted by molar-refractivity contribution is 8.18. The summed E-state index contributed by atoms with van der Waals surface area (Å²) >= 11 is 0.901. The first-order valence-electron chi connectivity index (χ1n) is 6.82. The molecule has 3 rings (SSSR count). The zero-order valence-electron chi connectivity index (χ0n) is 12.8. The van der Waals surface area contributed by atoms with E-state index in [1.807, 2.05) is 0 Å². The Morgan fingerprint density at radius 1 is 1.09 bits per heavy atom.